The number of aromatic amines is 1. The molecular weight excluding hydrogens is 388 g/mol. The second-order valence-electron chi connectivity index (χ2n) is 6.31. The highest BCUT2D eigenvalue weighted by Crippen LogP contribution is 2.30. The molecule has 0 unspecified atom stereocenters. The third kappa shape index (κ3) is 5.26. The molecular formula is C22H24N2O4S. The van der Waals surface area contributed by atoms with Gasteiger partial charge < -0.3 is 19.4 Å². The summed E-state index contributed by atoms with van der Waals surface area (Å²) in [6.45, 7) is 5.64. The maximum absolute atomic E-state index is 12.8. The first kappa shape index (κ1) is 20.7. The van der Waals surface area contributed by atoms with Crippen LogP contribution in [0.1, 0.15) is 34.6 Å². The maximum Gasteiger partial charge on any atom is 0.260 e. The van der Waals surface area contributed by atoms with E-state index < -0.39 is 0 Å². The molecule has 0 bridgehead atoms. The first-order chi connectivity index (χ1) is 14.1. The molecule has 0 saturated carbocycles. The molecule has 0 fully saturated rings. The lowest BCUT2D eigenvalue weighted by molar-refractivity contribution is 0.0750. The Kier molecular flexibility index (Phi) is 7.08. The molecule has 0 radical (unpaired) electrons. The van der Waals surface area contributed by atoms with Gasteiger partial charge in [-0.2, -0.15) is 0 Å². The maximum atomic E-state index is 12.8. The number of carbonyl (C=O) groups excluding carboxylic acids is 1. The van der Waals surface area contributed by atoms with E-state index in [9.17, 15) is 9.59 Å². The van der Waals surface area contributed by atoms with Gasteiger partial charge in [0.2, 0.25) is 0 Å². The standard InChI is InChI=1S/C22H24N2O4S/c1-3-24(22(26)18-8-5-11-23-21(18)25)14-16-9-10-19(20(13-16)27-4-2)28-15-17-7-6-12-29-17/h5-13H,3-4,14-15H2,1-2H3,(H,23,25). The number of nitrogens with one attached hydrogen (secondary N) is 1. The minimum absolute atomic E-state index is 0.135. The van der Waals surface area contributed by atoms with Gasteiger partial charge in [0.05, 0.1) is 6.61 Å². The van der Waals surface area contributed by atoms with Gasteiger partial charge in [-0.1, -0.05) is 12.1 Å². The van der Waals surface area contributed by atoms with Crippen molar-refractivity contribution in [3.63, 3.8) is 0 Å². The zero-order chi connectivity index (χ0) is 20.6. The van der Waals surface area contributed by atoms with Gasteiger partial charge in [0.1, 0.15) is 12.2 Å². The molecule has 0 atom stereocenters. The van der Waals surface area contributed by atoms with Crippen LogP contribution in [0.5, 0.6) is 11.5 Å². The zero-order valence-corrected chi connectivity index (χ0v) is 17.3. The third-order valence-corrected chi connectivity index (χ3v) is 5.20. The molecule has 0 aliphatic heterocycles. The number of hydrogen-bond donors (Lipinski definition) is 1. The van der Waals surface area contributed by atoms with Crippen molar-refractivity contribution in [3.05, 3.63) is 80.4 Å². The van der Waals surface area contributed by atoms with E-state index in [1.807, 2.05) is 49.6 Å². The Morgan fingerprint density at radius 3 is 2.66 bits per heavy atom. The predicted octanol–water partition coefficient (Wildman–Crippen LogP) is 4.08. The van der Waals surface area contributed by atoms with Crippen LogP contribution >= 0.6 is 11.3 Å². The molecule has 0 spiro atoms. The number of ether oxygens (including phenoxy) is 2. The van der Waals surface area contributed by atoms with Crippen LogP contribution in [0.3, 0.4) is 0 Å². The lowest BCUT2D eigenvalue weighted by Gasteiger charge is -2.21. The highest BCUT2D eigenvalue weighted by Gasteiger charge is 2.18. The quantitative estimate of drug-likeness (QED) is 0.575. The highest BCUT2D eigenvalue weighted by molar-refractivity contribution is 7.09. The minimum Gasteiger partial charge on any atom is -0.490 e. The van der Waals surface area contributed by atoms with E-state index in [0.717, 1.165) is 10.4 Å². The average molecular weight is 413 g/mol. The van der Waals surface area contributed by atoms with Crippen molar-refractivity contribution in [1.29, 1.82) is 0 Å². The lowest BCUT2D eigenvalue weighted by Crippen LogP contribution is -2.34. The fourth-order valence-electron chi connectivity index (χ4n) is 2.89. The Morgan fingerprint density at radius 2 is 1.97 bits per heavy atom. The highest BCUT2D eigenvalue weighted by atomic mass is 32.1. The van der Waals surface area contributed by atoms with Crippen LogP contribution in [-0.4, -0.2) is 28.9 Å². The van der Waals surface area contributed by atoms with Crippen molar-refractivity contribution in [2.75, 3.05) is 13.2 Å². The van der Waals surface area contributed by atoms with Crippen LogP contribution in [0.2, 0.25) is 0 Å². The van der Waals surface area contributed by atoms with Crippen molar-refractivity contribution < 1.29 is 14.3 Å². The van der Waals surface area contributed by atoms with E-state index in [1.54, 1.807) is 22.3 Å². The number of amides is 1. The predicted molar refractivity (Wildman–Crippen MR) is 114 cm³/mol. The normalized spacial score (nSPS) is 10.6. The average Bonchev–Trinajstić information content (AvgIpc) is 3.25. The van der Waals surface area contributed by atoms with Gasteiger partial charge in [0, 0.05) is 24.2 Å². The molecule has 3 rings (SSSR count). The summed E-state index contributed by atoms with van der Waals surface area (Å²) in [5.74, 6) is 1.01. The first-order valence-electron chi connectivity index (χ1n) is 9.50. The number of H-pyrrole nitrogens is 1. The number of carbonyl (C=O) groups is 1. The van der Waals surface area contributed by atoms with E-state index in [2.05, 4.69) is 4.98 Å². The number of hydrogen-bond acceptors (Lipinski definition) is 5. The molecule has 2 heterocycles. The molecule has 152 valence electrons. The molecule has 1 amide bonds. The molecule has 1 aromatic carbocycles. The van der Waals surface area contributed by atoms with Gasteiger partial charge >= 0.3 is 0 Å². The first-order valence-corrected chi connectivity index (χ1v) is 10.4. The van der Waals surface area contributed by atoms with Crippen molar-refractivity contribution in [2.45, 2.75) is 27.0 Å². The van der Waals surface area contributed by atoms with E-state index in [0.29, 0.717) is 37.8 Å². The molecule has 0 aliphatic rings. The van der Waals surface area contributed by atoms with Crippen LogP contribution < -0.4 is 15.0 Å². The fraction of sp³-hybridized carbons (Fsp3) is 0.273. The number of rotatable bonds is 9. The van der Waals surface area contributed by atoms with Crippen LogP contribution in [0.15, 0.2) is 58.8 Å². The SMILES string of the molecule is CCOc1cc(CN(CC)C(=O)c2ccc[nH]c2=O)ccc1OCc1cccs1. The van der Waals surface area contributed by atoms with Crippen LogP contribution in [0.4, 0.5) is 0 Å². The van der Waals surface area contributed by atoms with Crippen LogP contribution in [0.25, 0.3) is 0 Å². The summed E-state index contributed by atoms with van der Waals surface area (Å²) in [4.78, 5) is 30.0. The molecule has 0 saturated heterocycles. The summed E-state index contributed by atoms with van der Waals surface area (Å²) in [6, 6.07) is 12.9. The Hall–Kier alpha value is -3.06. The van der Waals surface area contributed by atoms with Gasteiger partial charge in [0.15, 0.2) is 11.5 Å². The van der Waals surface area contributed by atoms with Gasteiger partial charge in [0.25, 0.3) is 11.5 Å². The van der Waals surface area contributed by atoms with Crippen molar-refractivity contribution in [2.24, 2.45) is 0 Å². The Morgan fingerprint density at radius 1 is 1.10 bits per heavy atom. The van der Waals surface area contributed by atoms with Gasteiger partial charge in [-0.15, -0.1) is 11.3 Å². The number of aromatic nitrogens is 1. The third-order valence-electron chi connectivity index (χ3n) is 4.35. The largest absolute Gasteiger partial charge is 0.490 e. The van der Waals surface area contributed by atoms with Gasteiger partial charge in [-0.3, -0.25) is 9.59 Å². The molecule has 6 nitrogen and oxygen atoms in total. The molecule has 2 aromatic heterocycles. The van der Waals surface area contributed by atoms with Crippen molar-refractivity contribution in [1.82, 2.24) is 9.88 Å². The summed E-state index contributed by atoms with van der Waals surface area (Å²) in [5, 5.41) is 2.01. The Balaban J connectivity index is 1.76. The molecule has 0 aliphatic carbocycles. The van der Waals surface area contributed by atoms with E-state index in [-0.39, 0.29) is 17.0 Å². The zero-order valence-electron chi connectivity index (χ0n) is 16.5. The molecule has 29 heavy (non-hydrogen) atoms. The van der Waals surface area contributed by atoms with Crippen molar-refractivity contribution >= 4 is 17.2 Å². The summed E-state index contributed by atoms with van der Waals surface area (Å²) >= 11 is 1.64. The smallest absolute Gasteiger partial charge is 0.260 e. The minimum atomic E-state index is -0.386. The Bertz CT molecular complexity index is 998. The van der Waals surface area contributed by atoms with Gasteiger partial charge in [-0.05, 0) is 55.1 Å². The lowest BCUT2D eigenvalue weighted by atomic mass is 10.1. The van der Waals surface area contributed by atoms with Crippen LogP contribution in [0, 0.1) is 0 Å². The molecule has 3 aromatic rings. The molecule has 1 N–H and O–H groups in total. The summed E-state index contributed by atoms with van der Waals surface area (Å²) in [7, 11) is 0. The number of thiophene rings is 1. The second kappa shape index (κ2) is 9.93. The monoisotopic (exact) mass is 412 g/mol. The van der Waals surface area contributed by atoms with Gasteiger partial charge in [-0.25, -0.2) is 0 Å². The van der Waals surface area contributed by atoms with E-state index in [4.69, 9.17) is 9.47 Å². The van der Waals surface area contributed by atoms with Crippen molar-refractivity contribution in [3.8, 4) is 11.5 Å². The summed E-state index contributed by atoms with van der Waals surface area (Å²) in [5.41, 5.74) is 0.651. The summed E-state index contributed by atoms with van der Waals surface area (Å²) in [6.07, 6.45) is 1.51. The number of pyridine rings is 1. The second-order valence-corrected chi connectivity index (χ2v) is 7.35. The topological polar surface area (TPSA) is 71.6 Å². The van der Waals surface area contributed by atoms with E-state index >= 15 is 0 Å². The molecule has 7 heteroatoms. The summed E-state index contributed by atoms with van der Waals surface area (Å²) < 4.78 is 11.7. The van der Waals surface area contributed by atoms with E-state index in [1.165, 1.54) is 12.3 Å². The number of nitrogens with zero attached hydrogens (tertiary/aromatic N) is 1. The fourth-order valence-corrected chi connectivity index (χ4v) is 3.51. The van der Waals surface area contributed by atoms with Crippen LogP contribution in [-0.2, 0) is 13.2 Å². The Labute approximate surface area is 173 Å². The number of benzene rings is 1.